The molecule has 0 atom stereocenters. The maximum absolute atomic E-state index is 11.4. The van der Waals surface area contributed by atoms with Crippen molar-refractivity contribution in [1.82, 2.24) is 4.98 Å². The molecule has 0 saturated carbocycles. The van der Waals surface area contributed by atoms with Gasteiger partial charge < -0.3 is 9.64 Å². The summed E-state index contributed by atoms with van der Waals surface area (Å²) in [6, 6.07) is 9.17. The molecule has 1 aromatic heterocycles. The van der Waals surface area contributed by atoms with Crippen molar-refractivity contribution in [2.24, 2.45) is 0 Å². The SMILES string of the molecule is COC(=O)c1ccc(CN(C)c2ccncc2Cl)cc1. The van der Waals surface area contributed by atoms with E-state index < -0.39 is 0 Å². The lowest BCUT2D eigenvalue weighted by molar-refractivity contribution is 0.0600. The van der Waals surface area contributed by atoms with Gasteiger partial charge in [-0.1, -0.05) is 23.7 Å². The van der Waals surface area contributed by atoms with Crippen LogP contribution in [0.25, 0.3) is 0 Å². The first-order valence-corrected chi connectivity index (χ1v) is 6.47. The van der Waals surface area contributed by atoms with Crippen LogP contribution in [0.3, 0.4) is 0 Å². The first kappa shape index (κ1) is 14.3. The average Bonchev–Trinajstić information content (AvgIpc) is 2.47. The van der Waals surface area contributed by atoms with E-state index in [2.05, 4.69) is 9.72 Å². The Bertz CT molecular complexity index is 599. The molecule has 1 heterocycles. The van der Waals surface area contributed by atoms with E-state index in [9.17, 15) is 4.79 Å². The number of benzene rings is 1. The van der Waals surface area contributed by atoms with Crippen molar-refractivity contribution in [3.8, 4) is 0 Å². The number of aromatic nitrogens is 1. The number of ether oxygens (including phenoxy) is 1. The highest BCUT2D eigenvalue weighted by Gasteiger charge is 2.08. The van der Waals surface area contributed by atoms with Crippen LogP contribution < -0.4 is 4.90 Å². The van der Waals surface area contributed by atoms with Gasteiger partial charge >= 0.3 is 5.97 Å². The molecule has 0 aliphatic rings. The van der Waals surface area contributed by atoms with Gasteiger partial charge in [-0.25, -0.2) is 4.79 Å². The van der Waals surface area contributed by atoms with Crippen LogP contribution >= 0.6 is 11.6 Å². The third-order valence-corrected chi connectivity index (χ3v) is 3.25. The highest BCUT2D eigenvalue weighted by atomic mass is 35.5. The van der Waals surface area contributed by atoms with Crippen LogP contribution in [0.1, 0.15) is 15.9 Å². The van der Waals surface area contributed by atoms with Crippen LogP contribution in [0.2, 0.25) is 5.02 Å². The van der Waals surface area contributed by atoms with Gasteiger partial charge in [-0.3, -0.25) is 4.98 Å². The molecule has 0 aliphatic carbocycles. The zero-order valence-corrected chi connectivity index (χ0v) is 12.1. The van der Waals surface area contributed by atoms with E-state index in [1.54, 1.807) is 24.5 Å². The summed E-state index contributed by atoms with van der Waals surface area (Å²) in [6.07, 6.45) is 3.33. The number of halogens is 1. The van der Waals surface area contributed by atoms with Crippen LogP contribution in [0.5, 0.6) is 0 Å². The summed E-state index contributed by atoms with van der Waals surface area (Å²) in [6.45, 7) is 0.686. The van der Waals surface area contributed by atoms with Gasteiger partial charge in [0, 0.05) is 26.0 Å². The Kier molecular flexibility index (Phi) is 4.58. The number of anilines is 1. The van der Waals surface area contributed by atoms with E-state index in [1.807, 2.05) is 30.1 Å². The summed E-state index contributed by atoms with van der Waals surface area (Å²) in [5, 5.41) is 0.612. The van der Waals surface area contributed by atoms with Crippen molar-refractivity contribution in [2.75, 3.05) is 19.1 Å². The molecular formula is C15H15ClN2O2. The molecule has 4 nitrogen and oxygen atoms in total. The van der Waals surface area contributed by atoms with Gasteiger partial charge in [0.2, 0.25) is 0 Å². The topological polar surface area (TPSA) is 42.4 Å². The summed E-state index contributed by atoms with van der Waals surface area (Å²) in [7, 11) is 3.32. The van der Waals surface area contributed by atoms with Gasteiger partial charge in [0.25, 0.3) is 0 Å². The second-order valence-electron chi connectivity index (χ2n) is 4.37. The molecule has 2 rings (SSSR count). The highest BCUT2D eigenvalue weighted by Crippen LogP contribution is 2.24. The number of nitrogens with zero attached hydrogens (tertiary/aromatic N) is 2. The molecular weight excluding hydrogens is 276 g/mol. The van der Waals surface area contributed by atoms with Crippen molar-refractivity contribution in [3.05, 3.63) is 58.9 Å². The molecule has 0 amide bonds. The minimum atomic E-state index is -0.331. The molecule has 0 bridgehead atoms. The molecule has 0 spiro atoms. The third kappa shape index (κ3) is 3.27. The van der Waals surface area contributed by atoms with Crippen LogP contribution in [0.15, 0.2) is 42.7 Å². The van der Waals surface area contributed by atoms with E-state index >= 15 is 0 Å². The minimum Gasteiger partial charge on any atom is -0.465 e. The fourth-order valence-corrected chi connectivity index (χ4v) is 2.16. The van der Waals surface area contributed by atoms with Gasteiger partial charge in [0.15, 0.2) is 0 Å². The Labute approximate surface area is 123 Å². The second-order valence-corrected chi connectivity index (χ2v) is 4.78. The van der Waals surface area contributed by atoms with E-state index in [-0.39, 0.29) is 5.97 Å². The second kappa shape index (κ2) is 6.39. The summed E-state index contributed by atoms with van der Waals surface area (Å²) in [5.41, 5.74) is 2.53. The Morgan fingerprint density at radius 3 is 2.60 bits per heavy atom. The van der Waals surface area contributed by atoms with Gasteiger partial charge in [-0.05, 0) is 23.8 Å². The highest BCUT2D eigenvalue weighted by molar-refractivity contribution is 6.33. The summed E-state index contributed by atoms with van der Waals surface area (Å²) >= 11 is 6.11. The summed E-state index contributed by atoms with van der Waals surface area (Å²) < 4.78 is 4.67. The summed E-state index contributed by atoms with van der Waals surface area (Å²) in [5.74, 6) is -0.331. The molecule has 104 valence electrons. The molecule has 1 aromatic carbocycles. The first-order chi connectivity index (χ1) is 9.61. The monoisotopic (exact) mass is 290 g/mol. The zero-order valence-electron chi connectivity index (χ0n) is 11.3. The number of hydrogen-bond acceptors (Lipinski definition) is 4. The molecule has 2 aromatic rings. The van der Waals surface area contributed by atoms with Crippen molar-refractivity contribution < 1.29 is 9.53 Å². The minimum absolute atomic E-state index is 0.331. The smallest absolute Gasteiger partial charge is 0.337 e. The number of pyridine rings is 1. The van der Waals surface area contributed by atoms with Gasteiger partial charge in [0.05, 0.1) is 23.4 Å². The largest absolute Gasteiger partial charge is 0.465 e. The first-order valence-electron chi connectivity index (χ1n) is 6.09. The zero-order chi connectivity index (χ0) is 14.5. The lowest BCUT2D eigenvalue weighted by atomic mass is 10.1. The van der Waals surface area contributed by atoms with Gasteiger partial charge in [0.1, 0.15) is 0 Å². The molecule has 20 heavy (non-hydrogen) atoms. The van der Waals surface area contributed by atoms with Crippen molar-refractivity contribution >= 4 is 23.3 Å². The van der Waals surface area contributed by atoms with E-state index in [0.717, 1.165) is 11.3 Å². The Balaban J connectivity index is 2.10. The summed E-state index contributed by atoms with van der Waals surface area (Å²) in [4.78, 5) is 17.3. The van der Waals surface area contributed by atoms with Crippen LogP contribution in [-0.2, 0) is 11.3 Å². The van der Waals surface area contributed by atoms with Crippen LogP contribution in [0.4, 0.5) is 5.69 Å². The molecule has 5 heteroatoms. The molecule has 0 saturated heterocycles. The van der Waals surface area contributed by atoms with E-state index in [4.69, 9.17) is 11.6 Å². The lowest BCUT2D eigenvalue weighted by Crippen LogP contribution is -2.16. The Hall–Kier alpha value is -2.07. The van der Waals surface area contributed by atoms with Crippen molar-refractivity contribution in [2.45, 2.75) is 6.54 Å². The van der Waals surface area contributed by atoms with E-state index in [0.29, 0.717) is 17.1 Å². The van der Waals surface area contributed by atoms with Crippen LogP contribution in [-0.4, -0.2) is 25.1 Å². The number of carbonyl (C=O) groups excluding carboxylic acids is 1. The third-order valence-electron chi connectivity index (χ3n) is 2.96. The van der Waals surface area contributed by atoms with Gasteiger partial charge in [-0.15, -0.1) is 0 Å². The normalized spacial score (nSPS) is 10.2. The lowest BCUT2D eigenvalue weighted by Gasteiger charge is -2.20. The predicted octanol–water partition coefficient (Wildman–Crippen LogP) is 3.16. The number of esters is 1. The number of carbonyl (C=O) groups is 1. The van der Waals surface area contributed by atoms with Gasteiger partial charge in [-0.2, -0.15) is 0 Å². The van der Waals surface area contributed by atoms with E-state index in [1.165, 1.54) is 7.11 Å². The van der Waals surface area contributed by atoms with Crippen molar-refractivity contribution in [3.63, 3.8) is 0 Å². The Morgan fingerprint density at radius 1 is 1.30 bits per heavy atom. The number of methoxy groups -OCH3 is 1. The molecule has 0 N–H and O–H groups in total. The quantitative estimate of drug-likeness (QED) is 0.811. The fourth-order valence-electron chi connectivity index (χ4n) is 1.90. The molecule has 0 aliphatic heterocycles. The fraction of sp³-hybridized carbons (Fsp3) is 0.200. The average molecular weight is 291 g/mol. The Morgan fingerprint density at radius 2 is 2.00 bits per heavy atom. The van der Waals surface area contributed by atoms with Crippen molar-refractivity contribution in [1.29, 1.82) is 0 Å². The predicted molar refractivity (Wildman–Crippen MR) is 79.1 cm³/mol. The number of hydrogen-bond donors (Lipinski definition) is 0. The molecule has 0 radical (unpaired) electrons. The maximum Gasteiger partial charge on any atom is 0.337 e. The maximum atomic E-state index is 11.4. The van der Waals surface area contributed by atoms with Crippen LogP contribution in [0, 0.1) is 0 Å². The number of rotatable bonds is 4. The molecule has 0 fully saturated rings. The molecule has 0 unspecified atom stereocenters. The standard InChI is InChI=1S/C15H15ClN2O2/c1-18(14-7-8-17-9-13(14)16)10-11-3-5-12(6-4-11)15(19)20-2/h3-9H,10H2,1-2H3.